The molecule has 0 unspecified atom stereocenters. The molecule has 0 bridgehead atoms. The van der Waals surface area contributed by atoms with Gasteiger partial charge >= 0.3 is 0 Å². The van der Waals surface area contributed by atoms with Gasteiger partial charge in [-0.15, -0.1) is 0 Å². The molecule has 0 aliphatic rings. The van der Waals surface area contributed by atoms with E-state index in [4.69, 9.17) is 32.7 Å². The third kappa shape index (κ3) is 4.03. The van der Waals surface area contributed by atoms with Gasteiger partial charge in [0.1, 0.15) is 0 Å². The lowest BCUT2D eigenvalue weighted by Gasteiger charge is -2.12. The third-order valence-electron chi connectivity index (χ3n) is 3.10. The zero-order valence-corrected chi connectivity index (χ0v) is 13.5. The quantitative estimate of drug-likeness (QED) is 0.858. The monoisotopic (exact) mass is 325 g/mol. The Labute approximate surface area is 134 Å². The number of halogens is 2. The van der Waals surface area contributed by atoms with E-state index in [1.54, 1.807) is 14.2 Å². The summed E-state index contributed by atoms with van der Waals surface area (Å²) in [5.74, 6) is 1.17. The van der Waals surface area contributed by atoms with Gasteiger partial charge in [0, 0.05) is 18.1 Å². The minimum absolute atomic E-state index is 0.534. The molecule has 21 heavy (non-hydrogen) atoms. The highest BCUT2D eigenvalue weighted by Gasteiger charge is 2.10. The molecule has 1 N–H and O–H groups in total. The van der Waals surface area contributed by atoms with Crippen LogP contribution in [-0.4, -0.2) is 14.2 Å². The maximum absolute atomic E-state index is 6.18. The first-order valence-electron chi connectivity index (χ1n) is 6.50. The lowest BCUT2D eigenvalue weighted by Crippen LogP contribution is -2.13. The second-order valence-electron chi connectivity index (χ2n) is 4.51. The van der Waals surface area contributed by atoms with Crippen LogP contribution in [0.5, 0.6) is 11.5 Å². The molecule has 0 radical (unpaired) electrons. The van der Waals surface area contributed by atoms with Gasteiger partial charge in [0.2, 0.25) is 0 Å². The summed E-state index contributed by atoms with van der Waals surface area (Å²) in [4.78, 5) is 0. The fourth-order valence-corrected chi connectivity index (χ4v) is 2.57. The van der Waals surface area contributed by atoms with Gasteiger partial charge in [0.05, 0.1) is 19.2 Å². The third-order valence-corrected chi connectivity index (χ3v) is 3.75. The fourth-order valence-electron chi connectivity index (χ4n) is 2.06. The number of benzene rings is 2. The first kappa shape index (κ1) is 16.0. The molecule has 0 amide bonds. The maximum Gasteiger partial charge on any atom is 0.179 e. The van der Waals surface area contributed by atoms with Crippen LogP contribution < -0.4 is 14.8 Å². The van der Waals surface area contributed by atoms with Gasteiger partial charge in [0.25, 0.3) is 0 Å². The average Bonchev–Trinajstić information content (AvgIpc) is 2.48. The van der Waals surface area contributed by atoms with E-state index in [1.165, 1.54) is 0 Å². The van der Waals surface area contributed by atoms with Crippen molar-refractivity contribution < 1.29 is 9.47 Å². The van der Waals surface area contributed by atoms with E-state index < -0.39 is 0 Å². The average molecular weight is 326 g/mol. The van der Waals surface area contributed by atoms with Crippen LogP contribution in [-0.2, 0) is 13.1 Å². The number of hydrogen-bond acceptors (Lipinski definition) is 3. The van der Waals surface area contributed by atoms with Crippen LogP contribution in [0.2, 0.25) is 10.0 Å². The summed E-state index contributed by atoms with van der Waals surface area (Å²) in [6, 6.07) is 11.5. The molecule has 0 aliphatic heterocycles. The van der Waals surface area contributed by atoms with E-state index in [-0.39, 0.29) is 0 Å². The predicted octanol–water partition coefficient (Wildman–Crippen LogP) is 4.30. The number of ether oxygens (including phenoxy) is 2. The summed E-state index contributed by atoms with van der Waals surface area (Å²) < 4.78 is 10.5. The van der Waals surface area contributed by atoms with Crippen LogP contribution in [0, 0.1) is 0 Å². The Balaban J connectivity index is 2.04. The van der Waals surface area contributed by atoms with E-state index in [9.17, 15) is 0 Å². The molecular formula is C16H17Cl2NO2. The highest BCUT2D eigenvalue weighted by Crippen LogP contribution is 2.35. The normalized spacial score (nSPS) is 10.5. The van der Waals surface area contributed by atoms with E-state index in [0.29, 0.717) is 29.6 Å². The van der Waals surface area contributed by atoms with Crippen LogP contribution in [0.1, 0.15) is 11.1 Å². The van der Waals surface area contributed by atoms with Gasteiger partial charge in [-0.05, 0) is 29.3 Å². The summed E-state index contributed by atoms with van der Waals surface area (Å²) in [6.07, 6.45) is 0. The van der Waals surface area contributed by atoms with Gasteiger partial charge < -0.3 is 14.8 Å². The lowest BCUT2D eigenvalue weighted by atomic mass is 10.2. The van der Waals surface area contributed by atoms with Crippen LogP contribution in [0.15, 0.2) is 36.4 Å². The van der Waals surface area contributed by atoms with Crippen molar-refractivity contribution in [3.05, 3.63) is 57.6 Å². The summed E-state index contributed by atoms with van der Waals surface area (Å²) >= 11 is 12.3. The molecule has 0 atom stereocenters. The molecule has 0 fully saturated rings. The van der Waals surface area contributed by atoms with Crippen molar-refractivity contribution in [3.8, 4) is 11.5 Å². The Morgan fingerprint density at radius 2 is 1.71 bits per heavy atom. The SMILES string of the molecule is COc1cc(CNCc2ccccc2Cl)cc(Cl)c1OC. The van der Waals surface area contributed by atoms with Gasteiger partial charge in [-0.1, -0.05) is 41.4 Å². The minimum Gasteiger partial charge on any atom is -0.493 e. The standard InChI is InChI=1S/C16H17Cl2NO2/c1-20-15-8-11(7-14(18)16(15)21-2)9-19-10-12-5-3-4-6-13(12)17/h3-8,19H,9-10H2,1-2H3. The summed E-state index contributed by atoms with van der Waals surface area (Å²) in [5, 5.41) is 4.63. The number of rotatable bonds is 6. The second kappa shape index (κ2) is 7.55. The van der Waals surface area contributed by atoms with Crippen molar-refractivity contribution >= 4 is 23.2 Å². The molecule has 2 aromatic rings. The molecule has 0 aliphatic carbocycles. The first-order valence-corrected chi connectivity index (χ1v) is 7.25. The van der Waals surface area contributed by atoms with Gasteiger partial charge in [0.15, 0.2) is 11.5 Å². The van der Waals surface area contributed by atoms with Gasteiger partial charge in [-0.2, -0.15) is 0 Å². The molecule has 0 saturated heterocycles. The molecule has 5 heteroatoms. The molecular weight excluding hydrogens is 309 g/mol. The van der Waals surface area contributed by atoms with Gasteiger partial charge in [-0.3, -0.25) is 0 Å². The Kier molecular flexibility index (Phi) is 5.74. The maximum atomic E-state index is 6.18. The first-order chi connectivity index (χ1) is 10.2. The summed E-state index contributed by atoms with van der Waals surface area (Å²) in [6.45, 7) is 1.34. The molecule has 0 aromatic heterocycles. The second-order valence-corrected chi connectivity index (χ2v) is 5.32. The van der Waals surface area contributed by atoms with E-state index in [0.717, 1.165) is 16.1 Å². The van der Waals surface area contributed by atoms with E-state index in [2.05, 4.69) is 5.32 Å². The largest absolute Gasteiger partial charge is 0.493 e. The Morgan fingerprint density at radius 3 is 2.38 bits per heavy atom. The summed E-state index contributed by atoms with van der Waals surface area (Å²) in [5.41, 5.74) is 2.08. The summed E-state index contributed by atoms with van der Waals surface area (Å²) in [7, 11) is 3.16. The Bertz CT molecular complexity index is 617. The molecule has 112 valence electrons. The molecule has 0 heterocycles. The Morgan fingerprint density at radius 1 is 0.952 bits per heavy atom. The number of hydrogen-bond donors (Lipinski definition) is 1. The molecule has 2 rings (SSSR count). The van der Waals surface area contributed by atoms with Crippen LogP contribution in [0.4, 0.5) is 0 Å². The van der Waals surface area contributed by atoms with Crippen LogP contribution >= 0.6 is 23.2 Å². The van der Waals surface area contributed by atoms with Crippen molar-refractivity contribution in [2.45, 2.75) is 13.1 Å². The number of nitrogens with one attached hydrogen (secondary N) is 1. The fraction of sp³-hybridized carbons (Fsp3) is 0.250. The van der Waals surface area contributed by atoms with Crippen molar-refractivity contribution in [1.29, 1.82) is 0 Å². The number of methoxy groups -OCH3 is 2. The zero-order valence-electron chi connectivity index (χ0n) is 12.0. The van der Waals surface area contributed by atoms with Crippen LogP contribution in [0.25, 0.3) is 0 Å². The molecule has 0 saturated carbocycles. The van der Waals surface area contributed by atoms with Crippen molar-refractivity contribution in [2.75, 3.05) is 14.2 Å². The topological polar surface area (TPSA) is 30.5 Å². The molecule has 0 spiro atoms. The van der Waals surface area contributed by atoms with Crippen LogP contribution in [0.3, 0.4) is 0 Å². The Hall–Kier alpha value is -1.42. The highest BCUT2D eigenvalue weighted by molar-refractivity contribution is 6.32. The smallest absolute Gasteiger partial charge is 0.179 e. The van der Waals surface area contributed by atoms with E-state index >= 15 is 0 Å². The highest BCUT2D eigenvalue weighted by atomic mass is 35.5. The molecule has 2 aromatic carbocycles. The van der Waals surface area contributed by atoms with E-state index in [1.807, 2.05) is 36.4 Å². The van der Waals surface area contributed by atoms with Crippen molar-refractivity contribution in [2.24, 2.45) is 0 Å². The van der Waals surface area contributed by atoms with Gasteiger partial charge in [-0.25, -0.2) is 0 Å². The minimum atomic E-state index is 0.534. The predicted molar refractivity (Wildman–Crippen MR) is 86.6 cm³/mol. The lowest BCUT2D eigenvalue weighted by molar-refractivity contribution is 0.354. The zero-order chi connectivity index (χ0) is 15.2. The van der Waals surface area contributed by atoms with Crippen molar-refractivity contribution in [3.63, 3.8) is 0 Å². The molecule has 3 nitrogen and oxygen atoms in total. The van der Waals surface area contributed by atoms with Crippen molar-refractivity contribution in [1.82, 2.24) is 5.32 Å².